The topological polar surface area (TPSA) is 24.1 Å². The van der Waals surface area contributed by atoms with E-state index in [0.29, 0.717) is 0 Å². The van der Waals surface area contributed by atoms with Crippen LogP contribution in [0.4, 0.5) is 0 Å². The van der Waals surface area contributed by atoms with Crippen LogP contribution in [0.15, 0.2) is 0 Å². The van der Waals surface area contributed by atoms with Crippen LogP contribution in [0.25, 0.3) is 0 Å². The van der Waals surface area contributed by atoms with E-state index < -0.39 is 0 Å². The van der Waals surface area contributed by atoms with E-state index in [0.717, 1.165) is 24.9 Å². The summed E-state index contributed by atoms with van der Waals surface area (Å²) in [4.78, 5) is 0. The smallest absolute Gasteiger partial charge is 0.0687 e. The van der Waals surface area contributed by atoms with Crippen LogP contribution in [0, 0.1) is 11.8 Å². The van der Waals surface area contributed by atoms with E-state index in [9.17, 15) is 0 Å². The lowest BCUT2D eigenvalue weighted by atomic mass is 9.88. The zero-order valence-electron chi connectivity index (χ0n) is 13.0. The molecule has 2 heteroatoms. The Morgan fingerprint density at radius 1 is 0.778 bits per heavy atom. The molecule has 108 valence electrons. The van der Waals surface area contributed by atoms with Crippen LogP contribution in [-0.2, 0) is 0 Å². The van der Waals surface area contributed by atoms with Crippen LogP contribution in [0.2, 0.25) is 0 Å². The van der Waals surface area contributed by atoms with Crippen molar-refractivity contribution < 1.29 is 0 Å². The van der Waals surface area contributed by atoms with E-state index in [-0.39, 0.29) is 5.66 Å². The van der Waals surface area contributed by atoms with Crippen molar-refractivity contribution in [1.29, 1.82) is 0 Å². The Balaban J connectivity index is 2.36. The van der Waals surface area contributed by atoms with Gasteiger partial charge in [0, 0.05) is 0 Å². The molecule has 0 aromatic rings. The molecule has 1 fully saturated rings. The minimum Gasteiger partial charge on any atom is -0.299 e. The molecule has 1 aliphatic carbocycles. The highest BCUT2D eigenvalue weighted by Gasteiger charge is 2.30. The van der Waals surface area contributed by atoms with Gasteiger partial charge >= 0.3 is 0 Å². The Bertz CT molecular complexity index is 189. The highest BCUT2D eigenvalue weighted by molar-refractivity contribution is 4.88. The molecule has 0 aromatic carbocycles. The van der Waals surface area contributed by atoms with Crippen molar-refractivity contribution in [3.05, 3.63) is 0 Å². The second kappa shape index (κ2) is 8.16. The van der Waals surface area contributed by atoms with E-state index in [1.54, 1.807) is 0 Å². The molecule has 0 spiro atoms. The molecule has 0 unspecified atom stereocenters. The molecule has 2 N–H and O–H groups in total. The second-order valence-corrected chi connectivity index (χ2v) is 6.86. The van der Waals surface area contributed by atoms with E-state index in [1.165, 1.54) is 44.9 Å². The first-order valence-electron chi connectivity index (χ1n) is 8.04. The molecule has 0 aliphatic heterocycles. The average molecular weight is 254 g/mol. The van der Waals surface area contributed by atoms with Gasteiger partial charge in [-0.15, -0.1) is 0 Å². The van der Waals surface area contributed by atoms with Crippen LogP contribution in [0.3, 0.4) is 0 Å². The summed E-state index contributed by atoms with van der Waals surface area (Å²) in [7, 11) is 0. The van der Waals surface area contributed by atoms with Gasteiger partial charge < -0.3 is 0 Å². The molecule has 0 heterocycles. The Hall–Kier alpha value is -0.0800. The lowest BCUT2D eigenvalue weighted by molar-refractivity contribution is 0.176. The van der Waals surface area contributed by atoms with Crippen LogP contribution in [-0.4, -0.2) is 18.8 Å². The van der Waals surface area contributed by atoms with Gasteiger partial charge in [-0.1, -0.05) is 47.0 Å². The van der Waals surface area contributed by atoms with E-state index in [4.69, 9.17) is 0 Å². The van der Waals surface area contributed by atoms with Crippen molar-refractivity contribution in [3.63, 3.8) is 0 Å². The van der Waals surface area contributed by atoms with Crippen LogP contribution in [0.5, 0.6) is 0 Å². The summed E-state index contributed by atoms with van der Waals surface area (Å²) in [5, 5.41) is 7.66. The maximum absolute atomic E-state index is 3.83. The van der Waals surface area contributed by atoms with Gasteiger partial charge in [0.25, 0.3) is 0 Å². The van der Waals surface area contributed by atoms with Gasteiger partial charge in [0.05, 0.1) is 5.66 Å². The molecule has 0 radical (unpaired) electrons. The van der Waals surface area contributed by atoms with Gasteiger partial charge in [-0.25, -0.2) is 0 Å². The average Bonchev–Trinajstić information content (AvgIpc) is 2.29. The molecule has 1 saturated carbocycles. The molecule has 1 aliphatic rings. The summed E-state index contributed by atoms with van der Waals surface area (Å²) in [6.45, 7) is 11.5. The number of hydrogen-bond acceptors (Lipinski definition) is 2. The molecule has 0 saturated heterocycles. The fraction of sp³-hybridized carbons (Fsp3) is 1.00. The number of hydrogen-bond donors (Lipinski definition) is 2. The minimum absolute atomic E-state index is 0.252. The van der Waals surface area contributed by atoms with Gasteiger partial charge in [0.2, 0.25) is 0 Å². The van der Waals surface area contributed by atoms with Crippen molar-refractivity contribution in [2.75, 3.05) is 13.1 Å². The molecular formula is C16H34N2. The Kier molecular flexibility index (Phi) is 7.25. The zero-order valence-corrected chi connectivity index (χ0v) is 13.0. The predicted molar refractivity (Wildman–Crippen MR) is 80.7 cm³/mol. The highest BCUT2D eigenvalue weighted by atomic mass is 15.2. The van der Waals surface area contributed by atoms with E-state index >= 15 is 0 Å². The summed E-state index contributed by atoms with van der Waals surface area (Å²) in [6.07, 6.45) is 9.36. The zero-order chi connectivity index (χ0) is 13.4. The van der Waals surface area contributed by atoms with Crippen molar-refractivity contribution in [2.45, 2.75) is 78.3 Å². The first-order chi connectivity index (χ1) is 8.54. The van der Waals surface area contributed by atoms with Crippen LogP contribution < -0.4 is 10.6 Å². The van der Waals surface area contributed by atoms with Crippen molar-refractivity contribution in [3.8, 4) is 0 Å². The van der Waals surface area contributed by atoms with Crippen LogP contribution in [0.1, 0.15) is 72.6 Å². The van der Waals surface area contributed by atoms with E-state index in [2.05, 4.69) is 38.3 Å². The van der Waals surface area contributed by atoms with Gasteiger partial charge in [0.1, 0.15) is 0 Å². The fourth-order valence-electron chi connectivity index (χ4n) is 2.77. The van der Waals surface area contributed by atoms with Crippen molar-refractivity contribution in [1.82, 2.24) is 10.6 Å². The van der Waals surface area contributed by atoms with Crippen molar-refractivity contribution >= 4 is 0 Å². The van der Waals surface area contributed by atoms with Crippen LogP contribution >= 0.6 is 0 Å². The SMILES string of the molecule is CC(C)CCNC1(NCCC(C)C)CCCCC1. The summed E-state index contributed by atoms with van der Waals surface area (Å²) >= 11 is 0. The highest BCUT2D eigenvalue weighted by Crippen LogP contribution is 2.26. The Labute approximate surface area is 114 Å². The molecule has 0 aromatic heterocycles. The lowest BCUT2D eigenvalue weighted by Crippen LogP contribution is -2.58. The number of nitrogens with one attached hydrogen (secondary N) is 2. The maximum atomic E-state index is 3.83. The summed E-state index contributed by atoms with van der Waals surface area (Å²) in [5.41, 5.74) is 0.252. The summed E-state index contributed by atoms with van der Waals surface area (Å²) < 4.78 is 0. The second-order valence-electron chi connectivity index (χ2n) is 6.86. The van der Waals surface area contributed by atoms with Crippen molar-refractivity contribution in [2.24, 2.45) is 11.8 Å². The quantitative estimate of drug-likeness (QED) is 0.642. The molecule has 18 heavy (non-hydrogen) atoms. The van der Waals surface area contributed by atoms with Gasteiger partial charge in [-0.3, -0.25) is 10.6 Å². The van der Waals surface area contributed by atoms with Gasteiger partial charge in [0.15, 0.2) is 0 Å². The Morgan fingerprint density at radius 2 is 1.22 bits per heavy atom. The standard InChI is InChI=1S/C16H34N2/c1-14(2)8-12-17-16(10-6-5-7-11-16)18-13-9-15(3)4/h14-15,17-18H,5-13H2,1-4H3. The molecule has 0 atom stereocenters. The Morgan fingerprint density at radius 3 is 1.61 bits per heavy atom. The first kappa shape index (κ1) is 16.0. The fourth-order valence-corrected chi connectivity index (χ4v) is 2.77. The molecule has 0 amide bonds. The predicted octanol–water partition coefficient (Wildman–Crippen LogP) is 3.92. The first-order valence-corrected chi connectivity index (χ1v) is 8.04. The third-order valence-electron chi connectivity index (χ3n) is 4.08. The maximum Gasteiger partial charge on any atom is 0.0687 e. The van der Waals surface area contributed by atoms with Gasteiger partial charge in [-0.05, 0) is 50.6 Å². The normalized spacial score (nSPS) is 19.7. The summed E-state index contributed by atoms with van der Waals surface area (Å²) in [6, 6.07) is 0. The lowest BCUT2D eigenvalue weighted by Gasteiger charge is -2.40. The largest absolute Gasteiger partial charge is 0.299 e. The summed E-state index contributed by atoms with van der Waals surface area (Å²) in [5.74, 6) is 1.60. The molecule has 2 nitrogen and oxygen atoms in total. The molecule has 1 rings (SSSR count). The monoisotopic (exact) mass is 254 g/mol. The van der Waals surface area contributed by atoms with E-state index in [1.807, 2.05) is 0 Å². The molecule has 0 bridgehead atoms. The number of rotatable bonds is 8. The minimum atomic E-state index is 0.252. The third kappa shape index (κ3) is 6.19. The molecular weight excluding hydrogens is 220 g/mol. The van der Waals surface area contributed by atoms with Gasteiger partial charge in [-0.2, -0.15) is 0 Å². The third-order valence-corrected chi connectivity index (χ3v) is 4.08.